The minimum atomic E-state index is -0.288. The van der Waals surface area contributed by atoms with Crippen LogP contribution in [0.25, 0.3) is 22.4 Å². The molecule has 4 heteroatoms. The van der Waals surface area contributed by atoms with Gasteiger partial charge in [-0.1, -0.05) is 6.07 Å². The van der Waals surface area contributed by atoms with Gasteiger partial charge in [0.25, 0.3) is 0 Å². The van der Waals surface area contributed by atoms with Gasteiger partial charge in [-0.25, -0.2) is 9.37 Å². The second-order valence-electron chi connectivity index (χ2n) is 5.65. The molecular formula is C17H15FN2O. The van der Waals surface area contributed by atoms with Gasteiger partial charge in [0.05, 0.1) is 5.52 Å². The SMILES string of the molecule is Cc1cc(-c2nc3c(F)cccc3n2C2CC2)ccc1O. The molecule has 0 spiro atoms. The second kappa shape index (κ2) is 4.32. The van der Waals surface area contributed by atoms with Gasteiger partial charge < -0.3 is 9.67 Å². The van der Waals surface area contributed by atoms with Gasteiger partial charge in [0.15, 0.2) is 5.82 Å². The molecule has 0 saturated heterocycles. The van der Waals surface area contributed by atoms with Gasteiger partial charge in [-0.3, -0.25) is 0 Å². The van der Waals surface area contributed by atoms with E-state index in [9.17, 15) is 9.50 Å². The number of aromatic hydroxyl groups is 1. The third kappa shape index (κ3) is 1.90. The molecule has 4 rings (SSSR count). The van der Waals surface area contributed by atoms with Gasteiger partial charge in [0, 0.05) is 11.6 Å². The van der Waals surface area contributed by atoms with Crippen molar-refractivity contribution in [2.45, 2.75) is 25.8 Å². The fourth-order valence-corrected chi connectivity index (χ4v) is 2.78. The molecule has 0 atom stereocenters. The number of aromatic nitrogens is 2. The highest BCUT2D eigenvalue weighted by Gasteiger charge is 2.29. The summed E-state index contributed by atoms with van der Waals surface area (Å²) >= 11 is 0. The Morgan fingerprint density at radius 1 is 1.24 bits per heavy atom. The van der Waals surface area contributed by atoms with Gasteiger partial charge >= 0.3 is 0 Å². The topological polar surface area (TPSA) is 38.0 Å². The maximum absolute atomic E-state index is 14.0. The monoisotopic (exact) mass is 282 g/mol. The molecular weight excluding hydrogens is 267 g/mol. The zero-order valence-electron chi connectivity index (χ0n) is 11.7. The van der Waals surface area contributed by atoms with E-state index < -0.39 is 0 Å². The summed E-state index contributed by atoms with van der Waals surface area (Å²) in [6.45, 7) is 1.85. The molecule has 3 nitrogen and oxygen atoms in total. The Morgan fingerprint density at radius 2 is 2.05 bits per heavy atom. The van der Waals surface area contributed by atoms with Crippen LogP contribution in [-0.4, -0.2) is 14.7 Å². The molecule has 1 heterocycles. The van der Waals surface area contributed by atoms with E-state index in [1.807, 2.05) is 25.1 Å². The summed E-state index contributed by atoms with van der Waals surface area (Å²) in [7, 11) is 0. The van der Waals surface area contributed by atoms with Crippen LogP contribution in [-0.2, 0) is 0 Å². The summed E-state index contributed by atoms with van der Waals surface area (Å²) in [6.07, 6.45) is 2.21. The normalized spacial score (nSPS) is 14.8. The lowest BCUT2D eigenvalue weighted by Crippen LogP contribution is -1.97. The lowest BCUT2D eigenvalue weighted by atomic mass is 10.1. The first-order valence-corrected chi connectivity index (χ1v) is 7.11. The number of halogens is 1. The predicted molar refractivity (Wildman–Crippen MR) is 79.8 cm³/mol. The number of nitrogens with zero attached hydrogens (tertiary/aromatic N) is 2. The minimum absolute atomic E-state index is 0.263. The molecule has 1 aromatic heterocycles. The number of fused-ring (bicyclic) bond motifs is 1. The van der Waals surface area contributed by atoms with Crippen molar-refractivity contribution < 1.29 is 9.50 Å². The summed E-state index contributed by atoms with van der Waals surface area (Å²) in [5, 5.41) is 9.68. The molecule has 3 aromatic rings. The molecule has 2 aromatic carbocycles. The van der Waals surface area contributed by atoms with Crippen molar-refractivity contribution in [2.24, 2.45) is 0 Å². The Balaban J connectivity index is 2.01. The molecule has 1 N–H and O–H groups in total. The Morgan fingerprint density at radius 3 is 2.76 bits per heavy atom. The number of aryl methyl sites for hydroxylation is 1. The summed E-state index contributed by atoms with van der Waals surface area (Å²) < 4.78 is 16.1. The van der Waals surface area contributed by atoms with Crippen LogP contribution in [0.5, 0.6) is 5.75 Å². The first kappa shape index (κ1) is 12.4. The zero-order valence-corrected chi connectivity index (χ0v) is 11.7. The number of para-hydroxylation sites is 1. The molecule has 1 saturated carbocycles. The van der Waals surface area contributed by atoms with Crippen molar-refractivity contribution in [1.29, 1.82) is 0 Å². The number of phenols is 1. The highest BCUT2D eigenvalue weighted by atomic mass is 19.1. The first-order chi connectivity index (χ1) is 10.1. The van der Waals surface area contributed by atoms with Crippen molar-refractivity contribution in [3.8, 4) is 17.1 Å². The third-order valence-electron chi connectivity index (χ3n) is 4.04. The smallest absolute Gasteiger partial charge is 0.151 e. The van der Waals surface area contributed by atoms with Crippen LogP contribution in [0.2, 0.25) is 0 Å². The zero-order chi connectivity index (χ0) is 14.6. The quantitative estimate of drug-likeness (QED) is 0.765. The fraction of sp³-hybridized carbons (Fsp3) is 0.235. The Bertz CT molecular complexity index is 849. The van der Waals surface area contributed by atoms with Crippen molar-refractivity contribution in [3.05, 3.63) is 47.8 Å². The van der Waals surface area contributed by atoms with E-state index in [1.54, 1.807) is 12.1 Å². The number of phenolic OH excluding ortho intramolecular Hbond substituents is 1. The van der Waals surface area contributed by atoms with Gasteiger partial charge in [-0.05, 0) is 55.7 Å². The molecule has 106 valence electrons. The molecule has 0 bridgehead atoms. The lowest BCUT2D eigenvalue weighted by molar-refractivity contribution is 0.471. The number of rotatable bonds is 2. The first-order valence-electron chi connectivity index (χ1n) is 7.11. The molecule has 1 fully saturated rings. The van der Waals surface area contributed by atoms with Crippen molar-refractivity contribution in [3.63, 3.8) is 0 Å². The Hall–Kier alpha value is -2.36. The molecule has 0 aliphatic heterocycles. The summed E-state index contributed by atoms with van der Waals surface area (Å²) in [6, 6.07) is 10.9. The van der Waals surface area contributed by atoms with Crippen LogP contribution in [0.4, 0.5) is 4.39 Å². The predicted octanol–water partition coefficient (Wildman–Crippen LogP) is 4.19. The van der Waals surface area contributed by atoms with Gasteiger partial charge in [0.1, 0.15) is 17.1 Å². The van der Waals surface area contributed by atoms with E-state index in [-0.39, 0.29) is 11.6 Å². The lowest BCUT2D eigenvalue weighted by Gasteiger charge is -2.09. The average molecular weight is 282 g/mol. The van der Waals surface area contributed by atoms with E-state index in [2.05, 4.69) is 9.55 Å². The van der Waals surface area contributed by atoms with Gasteiger partial charge in [0.2, 0.25) is 0 Å². The third-order valence-corrected chi connectivity index (χ3v) is 4.04. The van der Waals surface area contributed by atoms with Crippen LogP contribution in [0.1, 0.15) is 24.4 Å². The Labute approximate surface area is 121 Å². The number of benzene rings is 2. The van der Waals surface area contributed by atoms with E-state index >= 15 is 0 Å². The number of hydrogen-bond donors (Lipinski definition) is 1. The summed E-state index contributed by atoms with van der Waals surface area (Å²) in [5.41, 5.74) is 2.97. The molecule has 21 heavy (non-hydrogen) atoms. The van der Waals surface area contributed by atoms with E-state index in [0.717, 1.165) is 35.3 Å². The van der Waals surface area contributed by atoms with E-state index in [0.29, 0.717) is 11.6 Å². The highest BCUT2D eigenvalue weighted by Crippen LogP contribution is 2.41. The number of hydrogen-bond acceptors (Lipinski definition) is 2. The van der Waals surface area contributed by atoms with Crippen LogP contribution in [0.15, 0.2) is 36.4 Å². The molecule has 0 amide bonds. The van der Waals surface area contributed by atoms with Crippen LogP contribution in [0.3, 0.4) is 0 Å². The molecule has 0 radical (unpaired) electrons. The van der Waals surface area contributed by atoms with Crippen molar-refractivity contribution in [1.82, 2.24) is 9.55 Å². The molecule has 1 aliphatic carbocycles. The number of imidazole rings is 1. The largest absolute Gasteiger partial charge is 0.508 e. The highest BCUT2D eigenvalue weighted by molar-refractivity contribution is 5.81. The maximum Gasteiger partial charge on any atom is 0.151 e. The standard InChI is InChI=1S/C17H15FN2O/c1-10-9-11(5-8-15(10)21)17-19-16-13(18)3-2-4-14(16)20(17)12-6-7-12/h2-5,8-9,12,21H,6-7H2,1H3. The Kier molecular flexibility index (Phi) is 2.55. The maximum atomic E-state index is 14.0. The van der Waals surface area contributed by atoms with Crippen LogP contribution >= 0.6 is 0 Å². The summed E-state index contributed by atoms with van der Waals surface area (Å²) in [4.78, 5) is 4.52. The molecule has 0 unspecified atom stereocenters. The van der Waals surface area contributed by atoms with E-state index in [4.69, 9.17) is 0 Å². The minimum Gasteiger partial charge on any atom is -0.508 e. The van der Waals surface area contributed by atoms with E-state index in [1.165, 1.54) is 6.07 Å². The van der Waals surface area contributed by atoms with Gasteiger partial charge in [-0.2, -0.15) is 0 Å². The second-order valence-corrected chi connectivity index (χ2v) is 5.65. The van der Waals surface area contributed by atoms with Crippen molar-refractivity contribution >= 4 is 11.0 Å². The van der Waals surface area contributed by atoms with Crippen molar-refractivity contribution in [2.75, 3.05) is 0 Å². The van der Waals surface area contributed by atoms with Gasteiger partial charge in [-0.15, -0.1) is 0 Å². The average Bonchev–Trinajstić information content (AvgIpc) is 3.22. The summed E-state index contributed by atoms with van der Waals surface area (Å²) in [5.74, 6) is 0.753. The molecule has 1 aliphatic rings. The fourth-order valence-electron chi connectivity index (χ4n) is 2.78. The van der Waals surface area contributed by atoms with Crippen LogP contribution in [0, 0.1) is 12.7 Å². The van der Waals surface area contributed by atoms with Crippen LogP contribution < -0.4 is 0 Å².